The lowest BCUT2D eigenvalue weighted by Gasteiger charge is -2.15. The number of benzene rings is 3. The van der Waals surface area contributed by atoms with Gasteiger partial charge in [0.15, 0.2) is 15.8 Å². The highest BCUT2D eigenvalue weighted by Gasteiger charge is 2.33. The van der Waals surface area contributed by atoms with E-state index in [0.29, 0.717) is 47.8 Å². The molecular formula is C25H19Cl2NO4S2. The van der Waals surface area contributed by atoms with E-state index < -0.39 is 0 Å². The third-order valence-corrected chi connectivity index (χ3v) is 6.92. The van der Waals surface area contributed by atoms with Crippen LogP contribution < -0.4 is 19.1 Å². The predicted molar refractivity (Wildman–Crippen MR) is 142 cm³/mol. The van der Waals surface area contributed by atoms with Gasteiger partial charge >= 0.3 is 0 Å². The molecule has 5 nitrogen and oxygen atoms in total. The van der Waals surface area contributed by atoms with Crippen LogP contribution >= 0.6 is 47.2 Å². The zero-order valence-electron chi connectivity index (χ0n) is 18.2. The molecule has 0 atom stereocenters. The zero-order valence-corrected chi connectivity index (χ0v) is 21.4. The maximum Gasteiger partial charge on any atom is 0.270 e. The third kappa shape index (κ3) is 5.18. The van der Waals surface area contributed by atoms with E-state index in [1.165, 1.54) is 16.7 Å². The summed E-state index contributed by atoms with van der Waals surface area (Å²) in [5.41, 5.74) is 2.12. The number of nitrogens with zero attached hydrogens (tertiary/aromatic N) is 1. The van der Waals surface area contributed by atoms with E-state index in [2.05, 4.69) is 0 Å². The van der Waals surface area contributed by atoms with Crippen LogP contribution in [-0.2, 0) is 11.4 Å². The molecule has 174 valence electrons. The average molecular weight is 532 g/mol. The van der Waals surface area contributed by atoms with Crippen LogP contribution in [0.15, 0.2) is 65.6 Å². The van der Waals surface area contributed by atoms with E-state index in [-0.39, 0.29) is 12.5 Å². The molecule has 1 heterocycles. The summed E-state index contributed by atoms with van der Waals surface area (Å²) in [4.78, 5) is 15.2. The van der Waals surface area contributed by atoms with Crippen molar-refractivity contribution in [3.05, 3.63) is 86.7 Å². The fourth-order valence-corrected chi connectivity index (χ4v) is 5.07. The van der Waals surface area contributed by atoms with Gasteiger partial charge in [0.1, 0.15) is 12.4 Å². The van der Waals surface area contributed by atoms with E-state index in [0.717, 1.165) is 5.56 Å². The second kappa shape index (κ2) is 10.7. The number of methoxy groups -OCH3 is 2. The van der Waals surface area contributed by atoms with Crippen molar-refractivity contribution in [1.82, 2.24) is 0 Å². The Labute approximate surface area is 217 Å². The molecule has 1 fully saturated rings. The van der Waals surface area contributed by atoms with E-state index in [4.69, 9.17) is 49.6 Å². The van der Waals surface area contributed by atoms with Crippen LogP contribution in [0.5, 0.6) is 17.2 Å². The maximum absolute atomic E-state index is 13.2. The van der Waals surface area contributed by atoms with E-state index >= 15 is 0 Å². The molecule has 0 N–H and O–H groups in total. The summed E-state index contributed by atoms with van der Waals surface area (Å²) in [7, 11) is 3.15. The number of hydrogen-bond donors (Lipinski definition) is 0. The highest BCUT2D eigenvalue weighted by molar-refractivity contribution is 8.27. The maximum atomic E-state index is 13.2. The standard InChI is InChI=1S/C25H19Cl2NO4S2/c1-30-19-10-8-18(9-11-19)28-24(29)22(34-25(28)33)12-15-4-3-5-21(31-2)23(15)32-14-16-6-7-17(26)13-20(16)27/h3-13H,14H2,1-2H3/b22-12+. The normalized spacial score (nSPS) is 14.6. The largest absolute Gasteiger partial charge is 0.497 e. The lowest BCUT2D eigenvalue weighted by molar-refractivity contribution is -0.113. The first-order valence-corrected chi connectivity index (χ1v) is 12.0. The van der Waals surface area contributed by atoms with Crippen LogP contribution in [0.1, 0.15) is 11.1 Å². The van der Waals surface area contributed by atoms with Crippen molar-refractivity contribution in [2.75, 3.05) is 19.1 Å². The molecule has 0 radical (unpaired) electrons. The summed E-state index contributed by atoms with van der Waals surface area (Å²) in [6, 6.07) is 17.8. The van der Waals surface area contributed by atoms with Crippen LogP contribution in [0, 0.1) is 0 Å². The molecule has 3 aromatic carbocycles. The van der Waals surface area contributed by atoms with Crippen molar-refractivity contribution in [2.24, 2.45) is 0 Å². The average Bonchev–Trinajstić information content (AvgIpc) is 3.11. The van der Waals surface area contributed by atoms with Gasteiger partial charge in [-0.1, -0.05) is 65.4 Å². The molecule has 0 saturated carbocycles. The van der Waals surface area contributed by atoms with Crippen molar-refractivity contribution in [3.8, 4) is 17.2 Å². The van der Waals surface area contributed by atoms with Crippen molar-refractivity contribution >= 4 is 69.2 Å². The molecule has 0 unspecified atom stereocenters. The van der Waals surface area contributed by atoms with Gasteiger partial charge in [0.2, 0.25) is 0 Å². The number of hydrogen-bond acceptors (Lipinski definition) is 6. The SMILES string of the molecule is COc1ccc(N2C(=O)/C(=C\c3cccc(OC)c3OCc3ccc(Cl)cc3Cl)SC2=S)cc1. The number of thioether (sulfide) groups is 1. The molecule has 1 saturated heterocycles. The molecule has 34 heavy (non-hydrogen) atoms. The highest BCUT2D eigenvalue weighted by atomic mass is 35.5. The number of rotatable bonds is 7. The molecule has 0 aromatic heterocycles. The van der Waals surface area contributed by atoms with Gasteiger partial charge in [-0.3, -0.25) is 9.69 Å². The number of carbonyl (C=O) groups excluding carboxylic acids is 1. The Morgan fingerprint density at radius 2 is 1.79 bits per heavy atom. The Morgan fingerprint density at radius 3 is 2.47 bits per heavy atom. The van der Waals surface area contributed by atoms with Gasteiger partial charge in [-0.15, -0.1) is 0 Å². The summed E-state index contributed by atoms with van der Waals surface area (Å²) in [5, 5.41) is 1.05. The van der Waals surface area contributed by atoms with Crippen LogP contribution in [0.4, 0.5) is 5.69 Å². The fourth-order valence-electron chi connectivity index (χ4n) is 3.31. The van der Waals surface area contributed by atoms with Crippen LogP contribution in [0.3, 0.4) is 0 Å². The number of para-hydroxylation sites is 1. The molecule has 1 amide bonds. The van der Waals surface area contributed by atoms with Gasteiger partial charge in [-0.2, -0.15) is 0 Å². The highest BCUT2D eigenvalue weighted by Crippen LogP contribution is 2.40. The van der Waals surface area contributed by atoms with Gasteiger partial charge in [-0.05, 0) is 48.5 Å². The number of amides is 1. The zero-order chi connectivity index (χ0) is 24.2. The number of thiocarbonyl (C=S) groups is 1. The van der Waals surface area contributed by atoms with Gasteiger partial charge < -0.3 is 14.2 Å². The van der Waals surface area contributed by atoms with Crippen molar-refractivity contribution in [3.63, 3.8) is 0 Å². The number of halogens is 2. The van der Waals surface area contributed by atoms with Crippen molar-refractivity contribution in [2.45, 2.75) is 6.61 Å². The molecule has 1 aliphatic heterocycles. The van der Waals surface area contributed by atoms with E-state index in [9.17, 15) is 4.79 Å². The second-order valence-electron chi connectivity index (χ2n) is 7.12. The lowest BCUT2D eigenvalue weighted by Crippen LogP contribution is -2.27. The first kappa shape index (κ1) is 24.4. The molecule has 9 heteroatoms. The topological polar surface area (TPSA) is 48.0 Å². The molecular weight excluding hydrogens is 513 g/mol. The summed E-state index contributed by atoms with van der Waals surface area (Å²) in [6.07, 6.45) is 1.75. The number of anilines is 1. The quantitative estimate of drug-likeness (QED) is 0.241. The molecule has 0 aliphatic carbocycles. The summed E-state index contributed by atoms with van der Waals surface area (Å²) in [6.45, 7) is 0.198. The Morgan fingerprint density at radius 1 is 1.03 bits per heavy atom. The molecule has 0 bridgehead atoms. The first-order valence-electron chi connectivity index (χ1n) is 10.1. The minimum Gasteiger partial charge on any atom is -0.497 e. The first-order chi connectivity index (χ1) is 16.4. The van der Waals surface area contributed by atoms with Crippen LogP contribution in [-0.4, -0.2) is 24.4 Å². The van der Waals surface area contributed by atoms with Crippen LogP contribution in [0.2, 0.25) is 10.0 Å². The second-order valence-corrected chi connectivity index (χ2v) is 9.64. The fraction of sp³-hybridized carbons (Fsp3) is 0.120. The molecule has 0 spiro atoms. The Balaban J connectivity index is 1.63. The Kier molecular flexibility index (Phi) is 7.68. The van der Waals surface area contributed by atoms with Gasteiger partial charge in [0, 0.05) is 21.2 Å². The van der Waals surface area contributed by atoms with Gasteiger partial charge in [0.05, 0.1) is 24.8 Å². The number of carbonyl (C=O) groups is 1. The van der Waals surface area contributed by atoms with Gasteiger partial charge in [-0.25, -0.2) is 0 Å². The molecule has 1 aliphatic rings. The minimum absolute atomic E-state index is 0.198. The van der Waals surface area contributed by atoms with Crippen molar-refractivity contribution in [1.29, 1.82) is 0 Å². The summed E-state index contributed by atoms with van der Waals surface area (Å²) < 4.78 is 17.2. The Hall–Kier alpha value is -2.71. The monoisotopic (exact) mass is 531 g/mol. The molecule has 4 rings (SSSR count). The lowest BCUT2D eigenvalue weighted by atomic mass is 10.1. The minimum atomic E-state index is -0.213. The molecule has 3 aromatic rings. The third-order valence-electron chi connectivity index (χ3n) is 5.03. The van der Waals surface area contributed by atoms with E-state index in [1.807, 2.05) is 12.1 Å². The summed E-state index contributed by atoms with van der Waals surface area (Å²) >= 11 is 19.0. The summed E-state index contributed by atoms with van der Waals surface area (Å²) in [5.74, 6) is 1.51. The van der Waals surface area contributed by atoms with Crippen molar-refractivity contribution < 1.29 is 19.0 Å². The smallest absolute Gasteiger partial charge is 0.270 e. The number of ether oxygens (including phenoxy) is 3. The van der Waals surface area contributed by atoms with Crippen LogP contribution in [0.25, 0.3) is 6.08 Å². The van der Waals surface area contributed by atoms with E-state index in [1.54, 1.807) is 68.8 Å². The Bertz CT molecular complexity index is 1280. The van der Waals surface area contributed by atoms with Gasteiger partial charge in [0.25, 0.3) is 5.91 Å². The predicted octanol–water partition coefficient (Wildman–Crippen LogP) is 7.00.